The molecule has 2 amide bonds. The van der Waals surface area contributed by atoms with Crippen molar-refractivity contribution in [2.24, 2.45) is 5.92 Å². The maximum absolute atomic E-state index is 13.9. The Labute approximate surface area is 267 Å². The highest BCUT2D eigenvalue weighted by molar-refractivity contribution is 7.15. The summed E-state index contributed by atoms with van der Waals surface area (Å²) in [4.78, 5) is 45.8. The monoisotopic (exact) mass is 634 g/mol. The highest BCUT2D eigenvalue weighted by Gasteiger charge is 2.31. The molecule has 0 aliphatic heterocycles. The van der Waals surface area contributed by atoms with Crippen molar-refractivity contribution in [1.82, 2.24) is 10.3 Å². The molecule has 240 valence electrons. The molecule has 2 aliphatic carbocycles. The van der Waals surface area contributed by atoms with Crippen molar-refractivity contribution in [3.63, 3.8) is 0 Å². The highest BCUT2D eigenvalue weighted by atomic mass is 32.1. The van der Waals surface area contributed by atoms with Gasteiger partial charge in [-0.25, -0.2) is 4.98 Å². The van der Waals surface area contributed by atoms with E-state index in [0.29, 0.717) is 40.8 Å². The molecular weight excluding hydrogens is 592 g/mol. The number of nitrogens with zero attached hydrogens (tertiary/aromatic N) is 1. The van der Waals surface area contributed by atoms with Crippen LogP contribution < -0.4 is 35.6 Å². The number of rotatable bonds is 10. The minimum atomic E-state index is -0.678. The smallest absolute Gasteiger partial charge is 0.248 e. The molecule has 3 N–H and O–H groups in total. The largest absolute Gasteiger partial charge is 0.493 e. The summed E-state index contributed by atoms with van der Waals surface area (Å²) in [5, 5.41) is 9.92. The summed E-state index contributed by atoms with van der Waals surface area (Å²) in [6.07, 6.45) is 6.06. The summed E-state index contributed by atoms with van der Waals surface area (Å²) >= 11 is 1.54. The zero-order valence-electron chi connectivity index (χ0n) is 26.8. The van der Waals surface area contributed by atoms with E-state index in [4.69, 9.17) is 14.2 Å². The molecule has 5 rings (SSSR count). The van der Waals surface area contributed by atoms with E-state index in [9.17, 15) is 14.4 Å². The number of amides is 2. The second-order valence-electron chi connectivity index (χ2n) is 11.7. The van der Waals surface area contributed by atoms with Crippen LogP contribution in [0.25, 0.3) is 11.1 Å². The van der Waals surface area contributed by atoms with Gasteiger partial charge < -0.3 is 30.2 Å². The number of hydrogen-bond acceptors (Lipinski definition) is 9. The fourth-order valence-corrected chi connectivity index (χ4v) is 7.34. The molecule has 10 nitrogen and oxygen atoms in total. The van der Waals surface area contributed by atoms with Gasteiger partial charge in [0.25, 0.3) is 0 Å². The van der Waals surface area contributed by atoms with Crippen LogP contribution in [0.1, 0.15) is 74.2 Å². The molecule has 3 atom stereocenters. The number of thiazole rings is 1. The molecule has 45 heavy (non-hydrogen) atoms. The maximum Gasteiger partial charge on any atom is 0.248 e. The lowest BCUT2D eigenvalue weighted by Crippen LogP contribution is -2.40. The van der Waals surface area contributed by atoms with Crippen molar-refractivity contribution in [3.8, 4) is 28.4 Å². The lowest BCUT2D eigenvalue weighted by molar-refractivity contribution is -0.120. The van der Waals surface area contributed by atoms with Crippen molar-refractivity contribution in [2.45, 2.75) is 77.8 Å². The van der Waals surface area contributed by atoms with Gasteiger partial charge in [0.1, 0.15) is 6.04 Å². The maximum atomic E-state index is 13.9. The predicted molar refractivity (Wildman–Crippen MR) is 177 cm³/mol. The van der Waals surface area contributed by atoms with Crippen molar-refractivity contribution in [1.29, 1.82) is 0 Å². The third-order valence-corrected chi connectivity index (χ3v) is 9.87. The molecule has 11 heteroatoms. The van der Waals surface area contributed by atoms with Crippen molar-refractivity contribution >= 4 is 34.0 Å². The van der Waals surface area contributed by atoms with Crippen LogP contribution in [0.3, 0.4) is 0 Å². The molecule has 0 saturated heterocycles. The summed E-state index contributed by atoms with van der Waals surface area (Å²) in [5.41, 5.74) is 4.15. The van der Waals surface area contributed by atoms with E-state index in [1.165, 1.54) is 23.1 Å². The van der Waals surface area contributed by atoms with Crippen LogP contribution in [0.2, 0.25) is 0 Å². The molecule has 3 aromatic rings. The zero-order chi connectivity index (χ0) is 32.2. The number of fused-ring (bicyclic) bond motifs is 4. The lowest BCUT2D eigenvalue weighted by Gasteiger charge is -2.23. The van der Waals surface area contributed by atoms with Crippen LogP contribution in [-0.4, -0.2) is 44.2 Å². The number of methoxy groups -OCH3 is 3. The van der Waals surface area contributed by atoms with Crippen molar-refractivity contribution in [3.05, 3.63) is 56.2 Å². The molecule has 0 unspecified atom stereocenters. The minimum absolute atomic E-state index is 0.0769. The quantitative estimate of drug-likeness (QED) is 0.261. The Hall–Kier alpha value is -4.12. The van der Waals surface area contributed by atoms with E-state index in [2.05, 4.69) is 20.9 Å². The third kappa shape index (κ3) is 6.63. The van der Waals surface area contributed by atoms with Crippen LogP contribution in [0.15, 0.2) is 29.1 Å². The Morgan fingerprint density at radius 3 is 2.47 bits per heavy atom. The summed E-state index contributed by atoms with van der Waals surface area (Å²) in [5.74, 6) is 0.937. The number of aromatic nitrogens is 1. The van der Waals surface area contributed by atoms with Crippen LogP contribution >= 0.6 is 11.3 Å². The Balaban J connectivity index is 1.58. The zero-order valence-corrected chi connectivity index (χ0v) is 27.6. The summed E-state index contributed by atoms with van der Waals surface area (Å²) in [7, 11) is 4.69. The van der Waals surface area contributed by atoms with Crippen LogP contribution in [-0.2, 0) is 28.9 Å². The SMILES string of the molecule is CC[C@H](C)[C@@H](Nc1ccc2c(cc1=O)[C@H](NC(C)=O)CCc1cc(OC)c(OC)c(OC)c1-2)C(=O)Nc1nc2c(s1)CCCC2. The molecule has 0 saturated carbocycles. The van der Waals surface area contributed by atoms with E-state index in [0.717, 1.165) is 54.5 Å². The van der Waals surface area contributed by atoms with Gasteiger partial charge in [-0.1, -0.05) is 26.3 Å². The number of ether oxygens (including phenoxy) is 3. The first-order valence-corrected chi connectivity index (χ1v) is 16.3. The van der Waals surface area contributed by atoms with Gasteiger partial charge in [-0.05, 0) is 79.3 Å². The fraction of sp³-hybridized carbons (Fsp3) is 0.471. The number of anilines is 2. The van der Waals surface area contributed by atoms with E-state index >= 15 is 0 Å². The highest BCUT2D eigenvalue weighted by Crippen LogP contribution is 2.50. The Morgan fingerprint density at radius 1 is 1.04 bits per heavy atom. The van der Waals surface area contributed by atoms with Crippen LogP contribution in [0.5, 0.6) is 17.2 Å². The van der Waals surface area contributed by atoms with Gasteiger partial charge in [0.2, 0.25) is 23.0 Å². The summed E-state index contributed by atoms with van der Waals surface area (Å²) < 4.78 is 17.2. The Bertz CT molecular complexity index is 1630. The van der Waals surface area contributed by atoms with Crippen LogP contribution in [0.4, 0.5) is 10.8 Å². The minimum Gasteiger partial charge on any atom is -0.493 e. The second kappa shape index (κ2) is 13.9. The number of aryl methyl sites for hydroxylation is 3. The van der Waals surface area contributed by atoms with Crippen molar-refractivity contribution in [2.75, 3.05) is 32.0 Å². The van der Waals surface area contributed by atoms with Crippen LogP contribution in [0, 0.1) is 5.92 Å². The summed E-state index contributed by atoms with van der Waals surface area (Å²) in [6, 6.07) is 5.94. The van der Waals surface area contributed by atoms with Gasteiger partial charge >= 0.3 is 0 Å². The van der Waals surface area contributed by atoms with E-state index in [1.807, 2.05) is 26.0 Å². The molecule has 2 aromatic carbocycles. The molecular formula is C34H42N4O6S. The first-order valence-electron chi connectivity index (χ1n) is 15.5. The topological polar surface area (TPSA) is 128 Å². The van der Waals surface area contributed by atoms with Gasteiger partial charge in [0.05, 0.1) is 38.8 Å². The lowest BCUT2D eigenvalue weighted by atomic mass is 9.95. The molecule has 0 bridgehead atoms. The Morgan fingerprint density at radius 2 is 1.80 bits per heavy atom. The second-order valence-corrected chi connectivity index (χ2v) is 12.8. The van der Waals surface area contributed by atoms with Gasteiger partial charge in [-0.15, -0.1) is 11.3 Å². The van der Waals surface area contributed by atoms with E-state index in [1.54, 1.807) is 33.5 Å². The number of nitrogens with one attached hydrogen (secondary N) is 3. The first-order chi connectivity index (χ1) is 21.7. The van der Waals surface area contributed by atoms with E-state index in [-0.39, 0.29) is 28.8 Å². The van der Waals surface area contributed by atoms with Crippen molar-refractivity contribution < 1.29 is 23.8 Å². The normalized spacial score (nSPS) is 16.5. The first kappa shape index (κ1) is 32.3. The van der Waals surface area contributed by atoms with Gasteiger partial charge in [-0.2, -0.15) is 0 Å². The predicted octanol–water partition coefficient (Wildman–Crippen LogP) is 5.66. The average Bonchev–Trinajstić information content (AvgIpc) is 3.30. The number of hydrogen-bond donors (Lipinski definition) is 3. The number of carbonyl (C=O) groups is 2. The third-order valence-electron chi connectivity index (χ3n) is 8.80. The molecule has 1 heterocycles. The number of carbonyl (C=O) groups excluding carboxylic acids is 2. The average molecular weight is 635 g/mol. The molecule has 0 fully saturated rings. The Kier molecular flexibility index (Phi) is 9.96. The van der Waals surface area contributed by atoms with Gasteiger partial charge in [0.15, 0.2) is 16.6 Å². The number of benzene rings is 1. The standard InChI is InChI=1S/C34H42N4O6S/c1-7-18(2)30(33(41)38-34-37-25-10-8-9-11-28(25)45-34)36-24-15-13-21-22(17-26(24)40)23(35-19(3)39)14-12-20-16-27(42-4)31(43-5)32(44-6)29(20)21/h13,15-18,23,30H,7-12,14H2,1-6H3,(H,35,39)(H,36,40)(H,37,38,41)/t18-,23+,30+/m0/s1. The van der Waals surface area contributed by atoms with Gasteiger partial charge in [-0.3, -0.25) is 14.4 Å². The molecule has 1 aromatic heterocycles. The van der Waals surface area contributed by atoms with E-state index < -0.39 is 12.1 Å². The summed E-state index contributed by atoms with van der Waals surface area (Å²) in [6.45, 7) is 5.47. The fourth-order valence-electron chi connectivity index (χ4n) is 6.28. The molecule has 0 radical (unpaired) electrons. The molecule has 0 spiro atoms. The molecule has 2 aliphatic rings. The van der Waals surface area contributed by atoms with Gasteiger partial charge in [0, 0.05) is 17.4 Å².